The molecule has 0 saturated carbocycles. The molecule has 0 bridgehead atoms. The summed E-state index contributed by atoms with van der Waals surface area (Å²) in [5.41, 5.74) is 1.49. The average Bonchev–Trinajstić information content (AvgIpc) is 2.49. The third-order valence-corrected chi connectivity index (χ3v) is 3.53. The normalized spacial score (nSPS) is 10.3. The van der Waals surface area contributed by atoms with Gasteiger partial charge in [0, 0.05) is 38.9 Å². The van der Waals surface area contributed by atoms with Crippen LogP contribution < -0.4 is 4.90 Å². The molecule has 0 saturated heterocycles. The fourth-order valence-corrected chi connectivity index (χ4v) is 2.15. The summed E-state index contributed by atoms with van der Waals surface area (Å²) < 4.78 is 0. The maximum absolute atomic E-state index is 12.4. The summed E-state index contributed by atoms with van der Waals surface area (Å²) >= 11 is 6.12. The molecule has 0 spiro atoms. The Morgan fingerprint density at radius 1 is 1.14 bits per heavy atom. The minimum atomic E-state index is -0.0762. The SMILES string of the molecule is CN(Cc1ccccc1Cl)C(=O)c1ccc(N(C)C)nc1. The van der Waals surface area contributed by atoms with Gasteiger partial charge in [-0.3, -0.25) is 4.79 Å². The van der Waals surface area contributed by atoms with E-state index in [4.69, 9.17) is 11.6 Å². The van der Waals surface area contributed by atoms with Crippen molar-refractivity contribution in [3.8, 4) is 0 Å². The largest absolute Gasteiger partial charge is 0.363 e. The van der Waals surface area contributed by atoms with Gasteiger partial charge in [0.1, 0.15) is 5.82 Å². The van der Waals surface area contributed by atoms with E-state index in [9.17, 15) is 4.79 Å². The van der Waals surface area contributed by atoms with Gasteiger partial charge in [-0.25, -0.2) is 4.98 Å². The van der Waals surface area contributed by atoms with Crippen LogP contribution in [0, 0.1) is 0 Å². The summed E-state index contributed by atoms with van der Waals surface area (Å²) in [6.45, 7) is 0.466. The zero-order chi connectivity index (χ0) is 15.4. The summed E-state index contributed by atoms with van der Waals surface area (Å²) in [6, 6.07) is 11.1. The lowest BCUT2D eigenvalue weighted by Crippen LogP contribution is -2.26. The topological polar surface area (TPSA) is 36.4 Å². The lowest BCUT2D eigenvalue weighted by atomic mass is 10.2. The quantitative estimate of drug-likeness (QED) is 0.871. The third-order valence-electron chi connectivity index (χ3n) is 3.17. The molecular weight excluding hydrogens is 286 g/mol. The van der Waals surface area contributed by atoms with Gasteiger partial charge in [-0.05, 0) is 23.8 Å². The van der Waals surface area contributed by atoms with Crippen molar-refractivity contribution in [1.29, 1.82) is 0 Å². The van der Waals surface area contributed by atoms with Crippen molar-refractivity contribution in [1.82, 2.24) is 9.88 Å². The highest BCUT2D eigenvalue weighted by Gasteiger charge is 2.13. The van der Waals surface area contributed by atoms with E-state index >= 15 is 0 Å². The molecule has 0 fully saturated rings. The molecule has 2 aromatic rings. The molecule has 1 heterocycles. The molecule has 4 nitrogen and oxygen atoms in total. The molecule has 5 heteroatoms. The highest BCUT2D eigenvalue weighted by Crippen LogP contribution is 2.17. The van der Waals surface area contributed by atoms with Gasteiger partial charge in [0.05, 0.1) is 5.56 Å². The number of carbonyl (C=O) groups is 1. The van der Waals surface area contributed by atoms with Gasteiger partial charge in [0.15, 0.2) is 0 Å². The number of anilines is 1. The average molecular weight is 304 g/mol. The summed E-state index contributed by atoms with van der Waals surface area (Å²) in [5.74, 6) is 0.744. The molecule has 1 amide bonds. The molecule has 0 N–H and O–H groups in total. The number of nitrogens with zero attached hydrogens (tertiary/aromatic N) is 3. The molecule has 2 rings (SSSR count). The summed E-state index contributed by atoms with van der Waals surface area (Å²) in [6.07, 6.45) is 1.60. The van der Waals surface area contributed by atoms with Gasteiger partial charge in [-0.15, -0.1) is 0 Å². The minimum Gasteiger partial charge on any atom is -0.363 e. The summed E-state index contributed by atoms with van der Waals surface area (Å²) in [5, 5.41) is 0.665. The number of pyridine rings is 1. The number of aromatic nitrogens is 1. The molecule has 0 aliphatic carbocycles. The van der Waals surface area contributed by atoms with Gasteiger partial charge in [-0.2, -0.15) is 0 Å². The van der Waals surface area contributed by atoms with Crippen molar-refractivity contribution in [2.75, 3.05) is 26.0 Å². The monoisotopic (exact) mass is 303 g/mol. The first-order valence-electron chi connectivity index (χ1n) is 6.61. The first-order valence-corrected chi connectivity index (χ1v) is 6.99. The van der Waals surface area contributed by atoms with Gasteiger partial charge in [0.2, 0.25) is 0 Å². The Bertz CT molecular complexity index is 626. The van der Waals surface area contributed by atoms with Crippen LogP contribution in [0.4, 0.5) is 5.82 Å². The first kappa shape index (κ1) is 15.3. The third kappa shape index (κ3) is 3.73. The van der Waals surface area contributed by atoms with Crippen molar-refractivity contribution < 1.29 is 4.79 Å². The molecule has 110 valence electrons. The van der Waals surface area contributed by atoms with Crippen molar-refractivity contribution >= 4 is 23.3 Å². The predicted octanol–water partition coefficient (Wildman–Crippen LogP) is 3.07. The van der Waals surface area contributed by atoms with Crippen molar-refractivity contribution in [2.45, 2.75) is 6.54 Å². The minimum absolute atomic E-state index is 0.0762. The number of hydrogen-bond acceptors (Lipinski definition) is 3. The molecule has 0 radical (unpaired) electrons. The van der Waals surface area contributed by atoms with Gasteiger partial charge in [-0.1, -0.05) is 29.8 Å². The van der Waals surface area contributed by atoms with Crippen LogP contribution in [0.5, 0.6) is 0 Å². The second-order valence-corrected chi connectivity index (χ2v) is 5.46. The number of halogens is 1. The number of rotatable bonds is 4. The summed E-state index contributed by atoms with van der Waals surface area (Å²) in [4.78, 5) is 20.2. The summed E-state index contributed by atoms with van der Waals surface area (Å²) in [7, 11) is 5.58. The van der Waals surface area contributed by atoms with E-state index in [1.807, 2.05) is 49.3 Å². The zero-order valence-corrected chi connectivity index (χ0v) is 13.1. The predicted molar refractivity (Wildman–Crippen MR) is 85.8 cm³/mol. The molecular formula is C16H18ClN3O. The maximum atomic E-state index is 12.4. The fourth-order valence-electron chi connectivity index (χ4n) is 1.95. The lowest BCUT2D eigenvalue weighted by Gasteiger charge is -2.18. The molecule has 0 aliphatic heterocycles. The van der Waals surface area contributed by atoms with Crippen molar-refractivity contribution in [3.05, 3.63) is 58.7 Å². The van der Waals surface area contributed by atoms with E-state index in [-0.39, 0.29) is 5.91 Å². The zero-order valence-electron chi connectivity index (χ0n) is 12.4. The van der Waals surface area contributed by atoms with Crippen LogP contribution in [-0.2, 0) is 6.54 Å². The van der Waals surface area contributed by atoms with Gasteiger partial charge in [0.25, 0.3) is 5.91 Å². The van der Waals surface area contributed by atoms with E-state index in [0.29, 0.717) is 17.1 Å². The van der Waals surface area contributed by atoms with E-state index in [0.717, 1.165) is 11.4 Å². The Balaban J connectivity index is 2.10. The highest BCUT2D eigenvalue weighted by molar-refractivity contribution is 6.31. The highest BCUT2D eigenvalue weighted by atomic mass is 35.5. The Labute approximate surface area is 130 Å². The van der Waals surface area contributed by atoms with Crippen LogP contribution in [0.1, 0.15) is 15.9 Å². The molecule has 1 aromatic carbocycles. The second kappa shape index (κ2) is 6.59. The van der Waals surface area contributed by atoms with Crippen LogP contribution >= 0.6 is 11.6 Å². The van der Waals surface area contributed by atoms with Gasteiger partial charge >= 0.3 is 0 Å². The van der Waals surface area contributed by atoms with Crippen molar-refractivity contribution in [3.63, 3.8) is 0 Å². The number of carbonyl (C=O) groups excluding carboxylic acids is 1. The van der Waals surface area contributed by atoms with E-state index in [2.05, 4.69) is 4.98 Å². The van der Waals surface area contributed by atoms with E-state index < -0.39 is 0 Å². The van der Waals surface area contributed by atoms with Gasteiger partial charge < -0.3 is 9.80 Å². The molecule has 0 unspecified atom stereocenters. The van der Waals surface area contributed by atoms with E-state index in [1.54, 1.807) is 24.2 Å². The number of amides is 1. The number of hydrogen-bond donors (Lipinski definition) is 0. The fraction of sp³-hybridized carbons (Fsp3) is 0.250. The molecule has 0 aliphatic rings. The first-order chi connectivity index (χ1) is 9.99. The maximum Gasteiger partial charge on any atom is 0.255 e. The van der Waals surface area contributed by atoms with E-state index in [1.165, 1.54) is 0 Å². The second-order valence-electron chi connectivity index (χ2n) is 5.05. The van der Waals surface area contributed by atoms with Crippen LogP contribution in [0.3, 0.4) is 0 Å². The molecule has 0 atom stereocenters. The lowest BCUT2D eigenvalue weighted by molar-refractivity contribution is 0.0785. The van der Waals surface area contributed by atoms with Crippen LogP contribution in [0.25, 0.3) is 0 Å². The Kier molecular flexibility index (Phi) is 4.81. The Morgan fingerprint density at radius 2 is 1.86 bits per heavy atom. The Hall–Kier alpha value is -2.07. The molecule has 1 aromatic heterocycles. The van der Waals surface area contributed by atoms with Crippen molar-refractivity contribution in [2.24, 2.45) is 0 Å². The number of benzene rings is 1. The molecule has 21 heavy (non-hydrogen) atoms. The Morgan fingerprint density at radius 3 is 2.43 bits per heavy atom. The van der Waals surface area contributed by atoms with Crippen LogP contribution in [0.2, 0.25) is 5.02 Å². The van der Waals surface area contributed by atoms with Crippen LogP contribution in [-0.4, -0.2) is 36.9 Å². The smallest absolute Gasteiger partial charge is 0.255 e. The standard InChI is InChI=1S/C16H18ClN3O/c1-19(2)15-9-8-12(10-18-15)16(21)20(3)11-13-6-4-5-7-14(13)17/h4-10H,11H2,1-3H3. The van der Waals surface area contributed by atoms with Crippen LogP contribution in [0.15, 0.2) is 42.6 Å².